The van der Waals surface area contributed by atoms with Crippen molar-refractivity contribution in [2.24, 2.45) is 0 Å². The molecule has 0 aliphatic heterocycles. The Bertz CT molecular complexity index is 906. The lowest BCUT2D eigenvalue weighted by atomic mass is 10.1. The molecule has 0 aromatic heterocycles. The number of carbonyl (C=O) groups is 2. The Morgan fingerprint density at radius 1 is 1.06 bits per heavy atom. The summed E-state index contributed by atoms with van der Waals surface area (Å²) in [7, 11) is 0. The van der Waals surface area contributed by atoms with Crippen LogP contribution in [0.25, 0.3) is 0 Å². The van der Waals surface area contributed by atoms with E-state index in [0.717, 1.165) is 33.1 Å². The normalized spacial score (nSPS) is 12.7. The molecule has 0 saturated carbocycles. The number of amides is 2. The molecule has 0 unspecified atom stereocenters. The summed E-state index contributed by atoms with van der Waals surface area (Å²) in [5.74, 6) is 0.249. The largest absolute Gasteiger partial charge is 0.484 e. The Morgan fingerprint density at radius 2 is 1.68 bits per heavy atom. The maximum atomic E-state index is 13.2. The summed E-state index contributed by atoms with van der Waals surface area (Å²) in [4.78, 5) is 27.6. The fourth-order valence-corrected chi connectivity index (χ4v) is 3.47. The van der Waals surface area contributed by atoms with Gasteiger partial charge in [0, 0.05) is 17.1 Å². The van der Waals surface area contributed by atoms with Crippen LogP contribution < -0.4 is 10.1 Å². The van der Waals surface area contributed by atoms with Crippen LogP contribution in [-0.2, 0) is 16.1 Å². The molecule has 0 heterocycles. The summed E-state index contributed by atoms with van der Waals surface area (Å²) in [6.45, 7) is 11.9. The van der Waals surface area contributed by atoms with Crippen molar-refractivity contribution in [3.63, 3.8) is 0 Å². The van der Waals surface area contributed by atoms with Gasteiger partial charge < -0.3 is 15.0 Å². The molecule has 0 aliphatic rings. The Balaban J connectivity index is 2.21. The van der Waals surface area contributed by atoms with Gasteiger partial charge in [-0.15, -0.1) is 0 Å². The van der Waals surface area contributed by atoms with E-state index in [4.69, 9.17) is 4.74 Å². The Hall–Kier alpha value is -2.34. The summed E-state index contributed by atoms with van der Waals surface area (Å²) in [5, 5.41) is 2.98. The lowest BCUT2D eigenvalue weighted by Gasteiger charge is -2.30. The molecule has 2 aromatic carbocycles. The average Bonchev–Trinajstić information content (AvgIpc) is 2.74. The van der Waals surface area contributed by atoms with Crippen molar-refractivity contribution >= 4 is 27.7 Å². The van der Waals surface area contributed by atoms with Crippen molar-refractivity contribution in [2.75, 3.05) is 6.61 Å². The van der Waals surface area contributed by atoms with E-state index in [0.29, 0.717) is 12.3 Å². The van der Waals surface area contributed by atoms with Crippen LogP contribution in [0, 0.1) is 20.8 Å². The highest BCUT2D eigenvalue weighted by Crippen LogP contribution is 2.26. The third kappa shape index (κ3) is 6.82. The number of carbonyl (C=O) groups excluding carboxylic acids is 2. The molecule has 5 nitrogen and oxygen atoms in total. The van der Waals surface area contributed by atoms with Gasteiger partial charge in [-0.3, -0.25) is 9.59 Å². The van der Waals surface area contributed by atoms with Crippen molar-refractivity contribution < 1.29 is 14.3 Å². The molecule has 0 radical (unpaired) electrons. The molecular weight excluding hydrogens is 456 g/mol. The summed E-state index contributed by atoms with van der Waals surface area (Å²) in [5.41, 5.74) is 4.17. The van der Waals surface area contributed by atoms with Crippen LogP contribution in [0.5, 0.6) is 5.75 Å². The van der Waals surface area contributed by atoms with Gasteiger partial charge in [0.2, 0.25) is 5.91 Å². The van der Waals surface area contributed by atoms with Crippen LogP contribution in [0.2, 0.25) is 0 Å². The molecule has 2 atom stereocenters. The van der Waals surface area contributed by atoms with E-state index in [1.54, 1.807) is 11.8 Å². The number of ether oxygens (including phenoxy) is 1. The Morgan fingerprint density at radius 3 is 2.26 bits per heavy atom. The standard InChI is InChI=1S/C25H33BrN2O3/c1-7-19(5)27-25(30)20(6)28(14-21-11-9-8-10-16(21)2)23(29)15-31-22-12-17(3)24(26)18(4)13-22/h8-13,19-20H,7,14-15H2,1-6H3,(H,27,30)/t19-,20-/m0/s1. The van der Waals surface area contributed by atoms with Gasteiger partial charge in [-0.05, 0) is 75.4 Å². The van der Waals surface area contributed by atoms with Gasteiger partial charge in [0.15, 0.2) is 6.61 Å². The number of hydrogen-bond acceptors (Lipinski definition) is 3. The predicted octanol–water partition coefficient (Wildman–Crippen LogP) is 5.09. The second-order valence-corrected chi connectivity index (χ2v) is 8.89. The van der Waals surface area contributed by atoms with Crippen LogP contribution in [0.4, 0.5) is 0 Å². The molecule has 0 aliphatic carbocycles. The first kappa shape index (κ1) is 24.9. The molecular formula is C25H33BrN2O3. The number of halogens is 1. The fourth-order valence-electron chi connectivity index (χ4n) is 3.24. The monoisotopic (exact) mass is 488 g/mol. The van der Waals surface area contributed by atoms with E-state index >= 15 is 0 Å². The van der Waals surface area contributed by atoms with Crippen molar-refractivity contribution in [3.8, 4) is 5.75 Å². The van der Waals surface area contributed by atoms with Gasteiger partial charge in [-0.1, -0.05) is 47.1 Å². The Kier molecular flexibility index (Phi) is 9.11. The van der Waals surface area contributed by atoms with Crippen molar-refractivity contribution in [2.45, 2.75) is 66.6 Å². The second-order valence-electron chi connectivity index (χ2n) is 8.10. The van der Waals surface area contributed by atoms with E-state index < -0.39 is 6.04 Å². The van der Waals surface area contributed by atoms with Gasteiger partial charge in [-0.25, -0.2) is 0 Å². The molecule has 2 amide bonds. The lowest BCUT2D eigenvalue weighted by molar-refractivity contribution is -0.142. The molecule has 0 spiro atoms. The molecule has 6 heteroatoms. The van der Waals surface area contributed by atoms with E-state index in [2.05, 4.69) is 21.2 Å². The number of rotatable bonds is 9. The van der Waals surface area contributed by atoms with Crippen molar-refractivity contribution in [3.05, 3.63) is 63.1 Å². The highest BCUT2D eigenvalue weighted by molar-refractivity contribution is 9.10. The molecule has 31 heavy (non-hydrogen) atoms. The fraction of sp³-hybridized carbons (Fsp3) is 0.440. The van der Waals surface area contributed by atoms with E-state index in [9.17, 15) is 9.59 Å². The minimum absolute atomic E-state index is 0.0512. The molecule has 0 saturated heterocycles. The van der Waals surface area contributed by atoms with E-state index in [-0.39, 0.29) is 24.5 Å². The van der Waals surface area contributed by atoms with Gasteiger partial charge in [0.05, 0.1) is 0 Å². The van der Waals surface area contributed by atoms with Gasteiger partial charge in [-0.2, -0.15) is 0 Å². The SMILES string of the molecule is CC[C@H](C)NC(=O)[C@H](C)N(Cc1ccccc1C)C(=O)COc1cc(C)c(Br)c(C)c1. The highest BCUT2D eigenvalue weighted by atomic mass is 79.9. The quantitative estimate of drug-likeness (QED) is 0.534. The predicted molar refractivity (Wildman–Crippen MR) is 128 cm³/mol. The number of hydrogen-bond donors (Lipinski definition) is 1. The third-order valence-electron chi connectivity index (χ3n) is 5.54. The molecule has 0 bridgehead atoms. The van der Waals surface area contributed by atoms with Crippen LogP contribution >= 0.6 is 15.9 Å². The van der Waals surface area contributed by atoms with E-state index in [1.165, 1.54) is 0 Å². The van der Waals surface area contributed by atoms with Crippen molar-refractivity contribution in [1.82, 2.24) is 10.2 Å². The number of aryl methyl sites for hydroxylation is 3. The summed E-state index contributed by atoms with van der Waals surface area (Å²) in [6.07, 6.45) is 0.829. The van der Waals surface area contributed by atoms with E-state index in [1.807, 2.05) is 71.0 Å². The van der Waals surface area contributed by atoms with Crippen LogP contribution in [-0.4, -0.2) is 35.4 Å². The summed E-state index contributed by atoms with van der Waals surface area (Å²) < 4.78 is 6.85. The van der Waals surface area contributed by atoms with Crippen LogP contribution in [0.3, 0.4) is 0 Å². The molecule has 0 fully saturated rings. The molecule has 168 valence electrons. The second kappa shape index (κ2) is 11.3. The zero-order valence-corrected chi connectivity index (χ0v) is 20.9. The number of nitrogens with zero attached hydrogens (tertiary/aromatic N) is 1. The summed E-state index contributed by atoms with van der Waals surface area (Å²) >= 11 is 3.55. The van der Waals surface area contributed by atoms with Crippen molar-refractivity contribution in [1.29, 1.82) is 0 Å². The third-order valence-corrected chi connectivity index (χ3v) is 6.79. The average molecular weight is 489 g/mol. The summed E-state index contributed by atoms with van der Waals surface area (Å²) in [6, 6.07) is 11.1. The molecule has 2 rings (SSSR count). The number of benzene rings is 2. The number of nitrogens with one attached hydrogen (secondary N) is 1. The first-order chi connectivity index (χ1) is 14.6. The van der Waals surface area contributed by atoms with Crippen LogP contribution in [0.1, 0.15) is 49.4 Å². The van der Waals surface area contributed by atoms with Gasteiger partial charge in [0.25, 0.3) is 5.91 Å². The topological polar surface area (TPSA) is 58.6 Å². The van der Waals surface area contributed by atoms with Gasteiger partial charge in [0.1, 0.15) is 11.8 Å². The molecule has 1 N–H and O–H groups in total. The first-order valence-corrected chi connectivity index (χ1v) is 11.5. The maximum absolute atomic E-state index is 13.2. The van der Waals surface area contributed by atoms with Gasteiger partial charge >= 0.3 is 0 Å². The van der Waals surface area contributed by atoms with Crippen LogP contribution in [0.15, 0.2) is 40.9 Å². The minimum atomic E-state index is -0.613. The lowest BCUT2D eigenvalue weighted by Crippen LogP contribution is -2.50. The zero-order valence-electron chi connectivity index (χ0n) is 19.3. The highest BCUT2D eigenvalue weighted by Gasteiger charge is 2.27. The molecule has 2 aromatic rings. The Labute approximate surface area is 194 Å². The minimum Gasteiger partial charge on any atom is -0.484 e. The first-order valence-electron chi connectivity index (χ1n) is 10.7. The zero-order chi connectivity index (χ0) is 23.1. The maximum Gasteiger partial charge on any atom is 0.261 e. The smallest absolute Gasteiger partial charge is 0.261 e.